The Labute approximate surface area is 128 Å². The lowest BCUT2D eigenvalue weighted by Crippen LogP contribution is -2.35. The van der Waals surface area contributed by atoms with Crippen LogP contribution in [0.1, 0.15) is 37.4 Å². The maximum Gasteiger partial charge on any atom is 0.108 e. The van der Waals surface area contributed by atoms with Gasteiger partial charge in [-0.3, -0.25) is 0 Å². The molecule has 0 saturated carbocycles. The number of hydrogen-bond acceptors (Lipinski definition) is 2. The fraction of sp³-hybridized carbons (Fsp3) is 0.474. The number of likely N-dealkylation sites (tertiary alicyclic amines) is 1. The second kappa shape index (κ2) is 7.06. The molecule has 1 fully saturated rings. The highest BCUT2D eigenvalue weighted by atomic mass is 16.5. The molecule has 0 N–H and O–H groups in total. The Morgan fingerprint density at radius 1 is 1.10 bits per heavy atom. The molecule has 3 rings (SSSR count). The molecule has 1 atom stereocenters. The van der Waals surface area contributed by atoms with E-state index in [4.69, 9.17) is 4.74 Å². The van der Waals surface area contributed by atoms with E-state index in [1.807, 2.05) is 0 Å². The standard InChI is InChI=1S/C19H25NO/c1-20-14-12-18(13-15-20)21-19(16-8-4-2-5-9-16)17-10-6-3-7-11-17/h2,4-6,8-11,18-19H,3,7,12-15H2,1H3. The summed E-state index contributed by atoms with van der Waals surface area (Å²) in [5, 5.41) is 0. The van der Waals surface area contributed by atoms with Gasteiger partial charge in [-0.05, 0) is 43.9 Å². The second-order valence-electron chi connectivity index (χ2n) is 6.11. The molecule has 1 saturated heterocycles. The molecule has 1 heterocycles. The van der Waals surface area contributed by atoms with Crippen LogP contribution in [-0.4, -0.2) is 31.1 Å². The van der Waals surface area contributed by atoms with Crippen LogP contribution in [0.4, 0.5) is 0 Å². The molecule has 2 nitrogen and oxygen atoms in total. The number of allylic oxidation sites excluding steroid dienone is 2. The molecule has 0 radical (unpaired) electrons. The smallest absolute Gasteiger partial charge is 0.108 e. The van der Waals surface area contributed by atoms with E-state index in [9.17, 15) is 0 Å². The van der Waals surface area contributed by atoms with Gasteiger partial charge in [0.15, 0.2) is 0 Å². The minimum Gasteiger partial charge on any atom is -0.365 e. The first-order valence-corrected chi connectivity index (χ1v) is 8.08. The highest BCUT2D eigenvalue weighted by Crippen LogP contribution is 2.32. The Morgan fingerprint density at radius 2 is 1.86 bits per heavy atom. The first-order valence-electron chi connectivity index (χ1n) is 8.08. The summed E-state index contributed by atoms with van der Waals surface area (Å²) in [6.45, 7) is 2.28. The van der Waals surface area contributed by atoms with E-state index in [0.29, 0.717) is 6.10 Å². The van der Waals surface area contributed by atoms with Crippen LogP contribution in [0.2, 0.25) is 0 Å². The molecule has 21 heavy (non-hydrogen) atoms. The van der Waals surface area contributed by atoms with Crippen LogP contribution < -0.4 is 0 Å². The summed E-state index contributed by atoms with van der Waals surface area (Å²) in [5.41, 5.74) is 2.60. The molecule has 0 spiro atoms. The van der Waals surface area contributed by atoms with Crippen molar-refractivity contribution in [1.82, 2.24) is 4.90 Å². The van der Waals surface area contributed by atoms with Gasteiger partial charge in [0.2, 0.25) is 0 Å². The normalized spacial score (nSPS) is 22.0. The van der Waals surface area contributed by atoms with Crippen molar-refractivity contribution in [2.75, 3.05) is 20.1 Å². The number of ether oxygens (including phenoxy) is 1. The van der Waals surface area contributed by atoms with Crippen LogP contribution in [-0.2, 0) is 4.74 Å². The Bertz CT molecular complexity index is 498. The summed E-state index contributed by atoms with van der Waals surface area (Å²) in [4.78, 5) is 2.39. The van der Waals surface area contributed by atoms with Gasteiger partial charge in [0, 0.05) is 13.1 Å². The number of piperidine rings is 1. The van der Waals surface area contributed by atoms with Crippen LogP contribution in [0.15, 0.2) is 54.1 Å². The van der Waals surface area contributed by atoms with Crippen molar-refractivity contribution in [3.05, 3.63) is 59.7 Å². The van der Waals surface area contributed by atoms with Crippen molar-refractivity contribution >= 4 is 0 Å². The lowest BCUT2D eigenvalue weighted by Gasteiger charge is -2.33. The molecule has 2 aliphatic rings. The van der Waals surface area contributed by atoms with Crippen molar-refractivity contribution in [3.8, 4) is 0 Å². The van der Waals surface area contributed by atoms with Crippen LogP contribution in [0.3, 0.4) is 0 Å². The highest BCUT2D eigenvalue weighted by molar-refractivity contribution is 5.34. The SMILES string of the molecule is CN1CCC(OC(C2=CCCC=C2)c2ccccc2)CC1. The minimum absolute atomic E-state index is 0.0937. The number of nitrogens with zero attached hydrogens (tertiary/aromatic N) is 1. The number of benzene rings is 1. The van der Waals surface area contributed by atoms with Gasteiger partial charge in [-0.15, -0.1) is 0 Å². The average molecular weight is 283 g/mol. The van der Waals surface area contributed by atoms with E-state index < -0.39 is 0 Å². The largest absolute Gasteiger partial charge is 0.365 e. The monoisotopic (exact) mass is 283 g/mol. The molecule has 2 heteroatoms. The zero-order chi connectivity index (χ0) is 14.5. The van der Waals surface area contributed by atoms with E-state index in [1.165, 1.54) is 11.1 Å². The van der Waals surface area contributed by atoms with Crippen LogP contribution in [0.5, 0.6) is 0 Å². The van der Waals surface area contributed by atoms with Gasteiger partial charge in [0.1, 0.15) is 6.10 Å². The summed E-state index contributed by atoms with van der Waals surface area (Å²) >= 11 is 0. The van der Waals surface area contributed by atoms with Gasteiger partial charge >= 0.3 is 0 Å². The average Bonchev–Trinajstić information content (AvgIpc) is 2.56. The van der Waals surface area contributed by atoms with Crippen molar-refractivity contribution in [1.29, 1.82) is 0 Å². The zero-order valence-corrected chi connectivity index (χ0v) is 12.9. The molecule has 1 aliphatic carbocycles. The maximum atomic E-state index is 6.52. The molecule has 0 amide bonds. The number of rotatable bonds is 4. The Balaban J connectivity index is 1.76. The van der Waals surface area contributed by atoms with Gasteiger partial charge in [-0.25, -0.2) is 0 Å². The predicted octanol–water partition coefficient (Wildman–Crippen LogP) is 4.11. The Kier molecular flexibility index (Phi) is 4.89. The summed E-state index contributed by atoms with van der Waals surface area (Å²) in [5.74, 6) is 0. The fourth-order valence-electron chi connectivity index (χ4n) is 3.12. The molecule has 0 bridgehead atoms. The lowest BCUT2D eigenvalue weighted by molar-refractivity contribution is -0.0239. The summed E-state index contributed by atoms with van der Waals surface area (Å²) in [7, 11) is 2.19. The number of hydrogen-bond donors (Lipinski definition) is 0. The first kappa shape index (κ1) is 14.6. The fourth-order valence-corrected chi connectivity index (χ4v) is 3.12. The molecule has 0 aromatic heterocycles. The molecular formula is C19H25NO. The molecular weight excluding hydrogens is 258 g/mol. The molecule has 1 unspecified atom stereocenters. The molecule has 112 valence electrons. The van der Waals surface area contributed by atoms with Gasteiger partial charge in [0.05, 0.1) is 6.10 Å². The van der Waals surface area contributed by atoms with E-state index >= 15 is 0 Å². The summed E-state index contributed by atoms with van der Waals surface area (Å²) in [6.07, 6.45) is 11.9. The second-order valence-corrected chi connectivity index (χ2v) is 6.11. The molecule has 1 aromatic carbocycles. The topological polar surface area (TPSA) is 12.5 Å². The van der Waals surface area contributed by atoms with Gasteiger partial charge in [-0.2, -0.15) is 0 Å². The predicted molar refractivity (Wildman–Crippen MR) is 87.2 cm³/mol. The lowest BCUT2D eigenvalue weighted by atomic mass is 9.96. The maximum absolute atomic E-state index is 6.52. The highest BCUT2D eigenvalue weighted by Gasteiger charge is 2.24. The first-order chi connectivity index (χ1) is 10.3. The van der Waals surface area contributed by atoms with E-state index in [1.54, 1.807) is 0 Å². The quantitative estimate of drug-likeness (QED) is 0.824. The summed E-state index contributed by atoms with van der Waals surface area (Å²) < 4.78 is 6.52. The van der Waals surface area contributed by atoms with Crippen LogP contribution in [0, 0.1) is 0 Å². The van der Waals surface area contributed by atoms with Crippen molar-refractivity contribution in [2.45, 2.75) is 37.9 Å². The van der Waals surface area contributed by atoms with E-state index in [0.717, 1.165) is 38.8 Å². The van der Waals surface area contributed by atoms with Gasteiger partial charge in [-0.1, -0.05) is 48.6 Å². The summed E-state index contributed by atoms with van der Waals surface area (Å²) in [6, 6.07) is 10.6. The van der Waals surface area contributed by atoms with E-state index in [-0.39, 0.29) is 6.10 Å². The van der Waals surface area contributed by atoms with Gasteiger partial charge in [0.25, 0.3) is 0 Å². The van der Waals surface area contributed by atoms with Crippen molar-refractivity contribution in [2.24, 2.45) is 0 Å². The third-order valence-corrected chi connectivity index (χ3v) is 4.42. The van der Waals surface area contributed by atoms with Crippen LogP contribution >= 0.6 is 0 Å². The Hall–Kier alpha value is -1.38. The van der Waals surface area contributed by atoms with Gasteiger partial charge < -0.3 is 9.64 Å². The molecule has 1 aliphatic heterocycles. The third kappa shape index (κ3) is 3.84. The minimum atomic E-state index is 0.0937. The van der Waals surface area contributed by atoms with Crippen molar-refractivity contribution in [3.63, 3.8) is 0 Å². The molecule has 1 aromatic rings. The third-order valence-electron chi connectivity index (χ3n) is 4.42. The van der Waals surface area contributed by atoms with E-state index in [2.05, 4.69) is 60.5 Å². The zero-order valence-electron chi connectivity index (χ0n) is 12.9. The Morgan fingerprint density at radius 3 is 2.52 bits per heavy atom. The van der Waals surface area contributed by atoms with Crippen LogP contribution in [0.25, 0.3) is 0 Å². The van der Waals surface area contributed by atoms with Crippen molar-refractivity contribution < 1.29 is 4.74 Å².